The first-order valence-electron chi connectivity index (χ1n) is 7.13. The molecule has 0 spiro atoms. The van der Waals surface area contributed by atoms with E-state index in [4.69, 9.17) is 0 Å². The van der Waals surface area contributed by atoms with Gasteiger partial charge in [-0.05, 0) is 25.5 Å². The molecule has 112 valence electrons. The zero-order chi connectivity index (χ0) is 15.2. The molecule has 5 heteroatoms. The van der Waals surface area contributed by atoms with Crippen LogP contribution in [0.3, 0.4) is 0 Å². The summed E-state index contributed by atoms with van der Waals surface area (Å²) < 4.78 is 26.9. The molecular formula is C15H25NO2SSi. The molecule has 0 N–H and O–H groups in total. The van der Waals surface area contributed by atoms with Crippen molar-refractivity contribution >= 4 is 18.1 Å². The van der Waals surface area contributed by atoms with Crippen molar-refractivity contribution in [1.82, 2.24) is 4.31 Å². The molecule has 0 aromatic heterocycles. The van der Waals surface area contributed by atoms with Crippen LogP contribution in [0.4, 0.5) is 0 Å². The topological polar surface area (TPSA) is 37.1 Å². The molecule has 1 aromatic rings. The van der Waals surface area contributed by atoms with Gasteiger partial charge < -0.3 is 0 Å². The van der Waals surface area contributed by atoms with Crippen LogP contribution in [-0.2, 0) is 10.0 Å². The van der Waals surface area contributed by atoms with Gasteiger partial charge in [-0.1, -0.05) is 50.0 Å². The van der Waals surface area contributed by atoms with E-state index < -0.39 is 18.1 Å². The van der Waals surface area contributed by atoms with Crippen molar-refractivity contribution in [1.29, 1.82) is 0 Å². The fourth-order valence-electron chi connectivity index (χ4n) is 2.68. The maximum Gasteiger partial charge on any atom is 0.215 e. The summed E-state index contributed by atoms with van der Waals surface area (Å²) >= 11 is 0. The van der Waals surface area contributed by atoms with E-state index in [9.17, 15) is 8.42 Å². The van der Waals surface area contributed by atoms with Crippen molar-refractivity contribution in [2.75, 3.05) is 5.75 Å². The zero-order valence-electron chi connectivity index (χ0n) is 13.1. The third-order valence-corrected chi connectivity index (χ3v) is 8.04. The SMILES string of the molecule is CC1(C)[C@@H](c2ccccc2)N1S(=O)(=O)CC[Si](C)(C)C. The fraction of sp³-hybridized carbons (Fsp3) is 0.600. The normalized spacial score (nSPS) is 25.4. The Labute approximate surface area is 124 Å². The van der Waals surface area contributed by atoms with Gasteiger partial charge in [-0.2, -0.15) is 4.31 Å². The molecule has 2 atom stereocenters. The summed E-state index contributed by atoms with van der Waals surface area (Å²) in [6.45, 7) is 10.7. The molecule has 1 aliphatic heterocycles. The van der Waals surface area contributed by atoms with Crippen LogP contribution in [-0.4, -0.2) is 32.1 Å². The molecular weight excluding hydrogens is 286 g/mol. The van der Waals surface area contributed by atoms with Crippen LogP contribution in [0.1, 0.15) is 25.5 Å². The van der Waals surface area contributed by atoms with Gasteiger partial charge in [0, 0.05) is 8.07 Å². The minimum Gasteiger partial charge on any atom is -0.212 e. The number of sulfonamides is 1. The van der Waals surface area contributed by atoms with Crippen LogP contribution < -0.4 is 0 Å². The lowest BCUT2D eigenvalue weighted by Gasteiger charge is -2.16. The first-order valence-corrected chi connectivity index (χ1v) is 12.4. The Morgan fingerprint density at radius 1 is 1.15 bits per heavy atom. The third-order valence-electron chi connectivity index (χ3n) is 3.93. The molecule has 20 heavy (non-hydrogen) atoms. The van der Waals surface area contributed by atoms with Gasteiger partial charge in [0.15, 0.2) is 0 Å². The van der Waals surface area contributed by atoms with E-state index in [0.717, 1.165) is 11.6 Å². The Morgan fingerprint density at radius 3 is 2.20 bits per heavy atom. The summed E-state index contributed by atoms with van der Waals surface area (Å²) in [4.78, 5) is 0. The molecule has 2 rings (SSSR count). The van der Waals surface area contributed by atoms with E-state index in [1.807, 2.05) is 44.2 Å². The second-order valence-corrected chi connectivity index (χ2v) is 15.0. The molecule has 1 unspecified atom stereocenters. The van der Waals surface area contributed by atoms with E-state index in [-0.39, 0.29) is 17.3 Å². The monoisotopic (exact) mass is 311 g/mol. The molecule has 1 aliphatic rings. The molecule has 1 saturated heterocycles. The molecule has 1 aromatic carbocycles. The molecule has 0 aliphatic carbocycles. The third kappa shape index (κ3) is 3.15. The van der Waals surface area contributed by atoms with Gasteiger partial charge in [0.05, 0.1) is 17.3 Å². The number of rotatable bonds is 5. The molecule has 0 bridgehead atoms. The summed E-state index contributed by atoms with van der Waals surface area (Å²) in [5, 5.41) is 0. The molecule has 3 nitrogen and oxygen atoms in total. The van der Waals surface area contributed by atoms with E-state index in [1.54, 1.807) is 4.31 Å². The zero-order valence-corrected chi connectivity index (χ0v) is 14.9. The average Bonchev–Trinajstić information content (AvgIpc) is 2.91. The van der Waals surface area contributed by atoms with Crippen LogP contribution in [0, 0.1) is 0 Å². The Hall–Kier alpha value is -0.653. The Balaban J connectivity index is 2.17. The first kappa shape index (κ1) is 15.7. The molecule has 0 radical (unpaired) electrons. The highest BCUT2D eigenvalue weighted by atomic mass is 32.2. The van der Waals surface area contributed by atoms with Gasteiger partial charge in [-0.25, -0.2) is 8.42 Å². The first-order chi connectivity index (χ1) is 9.06. The second kappa shape index (κ2) is 4.96. The van der Waals surface area contributed by atoms with Gasteiger partial charge in [0.1, 0.15) is 0 Å². The maximum absolute atomic E-state index is 12.6. The smallest absolute Gasteiger partial charge is 0.212 e. The maximum atomic E-state index is 12.6. The molecule has 0 amide bonds. The number of hydrogen-bond acceptors (Lipinski definition) is 2. The van der Waals surface area contributed by atoms with Crippen molar-refractivity contribution in [3.05, 3.63) is 35.9 Å². The number of nitrogens with zero attached hydrogens (tertiary/aromatic N) is 1. The highest BCUT2D eigenvalue weighted by Gasteiger charge is 2.62. The van der Waals surface area contributed by atoms with Crippen LogP contribution >= 0.6 is 0 Å². The van der Waals surface area contributed by atoms with E-state index in [2.05, 4.69) is 19.6 Å². The predicted octanol–water partition coefficient (Wildman–Crippen LogP) is 3.49. The number of benzene rings is 1. The highest BCUT2D eigenvalue weighted by molar-refractivity contribution is 7.89. The van der Waals surface area contributed by atoms with Gasteiger partial charge in [0.25, 0.3) is 0 Å². The van der Waals surface area contributed by atoms with Gasteiger partial charge in [-0.15, -0.1) is 0 Å². The van der Waals surface area contributed by atoms with Gasteiger partial charge >= 0.3 is 0 Å². The minimum atomic E-state index is -3.16. The van der Waals surface area contributed by atoms with Crippen LogP contribution in [0.25, 0.3) is 0 Å². The molecule has 1 heterocycles. The lowest BCUT2D eigenvalue weighted by Crippen LogP contribution is -2.28. The summed E-state index contributed by atoms with van der Waals surface area (Å²) in [5.74, 6) is 0.287. The van der Waals surface area contributed by atoms with Crippen molar-refractivity contribution < 1.29 is 8.42 Å². The van der Waals surface area contributed by atoms with Crippen LogP contribution in [0.5, 0.6) is 0 Å². The van der Waals surface area contributed by atoms with Crippen LogP contribution in [0.15, 0.2) is 30.3 Å². The van der Waals surface area contributed by atoms with Gasteiger partial charge in [-0.3, -0.25) is 0 Å². The van der Waals surface area contributed by atoms with Crippen molar-refractivity contribution in [2.45, 2.75) is 51.1 Å². The fourth-order valence-corrected chi connectivity index (χ4v) is 7.83. The van der Waals surface area contributed by atoms with E-state index in [0.29, 0.717) is 0 Å². The highest BCUT2D eigenvalue weighted by Crippen LogP contribution is 2.55. The lowest BCUT2D eigenvalue weighted by molar-refractivity contribution is 0.528. The van der Waals surface area contributed by atoms with Crippen molar-refractivity contribution in [2.24, 2.45) is 0 Å². The Morgan fingerprint density at radius 2 is 1.70 bits per heavy atom. The van der Waals surface area contributed by atoms with E-state index >= 15 is 0 Å². The summed E-state index contributed by atoms with van der Waals surface area (Å²) in [6.07, 6.45) is 0. The standard InChI is InChI=1S/C15H25NO2SSi/c1-15(2)14(13-9-7-6-8-10-13)16(15)19(17,18)11-12-20(3,4)5/h6-10,14H,11-12H2,1-5H3/t14-,16?/m1/s1. The Kier molecular flexibility index (Phi) is 3.90. The number of hydrogen-bond donors (Lipinski definition) is 0. The van der Waals surface area contributed by atoms with Crippen molar-refractivity contribution in [3.63, 3.8) is 0 Å². The van der Waals surface area contributed by atoms with Crippen LogP contribution in [0.2, 0.25) is 25.7 Å². The van der Waals surface area contributed by atoms with Gasteiger partial charge in [0.2, 0.25) is 10.0 Å². The van der Waals surface area contributed by atoms with E-state index in [1.165, 1.54) is 0 Å². The quantitative estimate of drug-likeness (QED) is 0.616. The summed E-state index contributed by atoms with van der Waals surface area (Å²) in [6, 6.07) is 10.7. The summed E-state index contributed by atoms with van der Waals surface area (Å²) in [7, 11) is -4.50. The Bertz CT molecular complexity index is 576. The predicted molar refractivity (Wildman–Crippen MR) is 87.0 cm³/mol. The lowest BCUT2D eigenvalue weighted by atomic mass is 10.0. The second-order valence-electron chi connectivity index (χ2n) is 7.39. The largest absolute Gasteiger partial charge is 0.215 e. The van der Waals surface area contributed by atoms with Crippen molar-refractivity contribution in [3.8, 4) is 0 Å². The molecule has 0 saturated carbocycles. The minimum absolute atomic E-state index is 0.00432. The average molecular weight is 312 g/mol. The summed E-state index contributed by atoms with van der Waals surface area (Å²) in [5.41, 5.74) is 0.800. The molecule has 1 fully saturated rings.